The second kappa shape index (κ2) is 7.94. The number of carbonyl (C=O) groups excluding carboxylic acids is 2. The highest BCUT2D eigenvalue weighted by atomic mass is 16.5. The summed E-state index contributed by atoms with van der Waals surface area (Å²) in [4.78, 5) is 26.2. The molecule has 2 aromatic rings. The molecule has 2 N–H and O–H groups in total. The number of amides is 2. The molecule has 1 aromatic heterocycles. The van der Waals surface area contributed by atoms with Gasteiger partial charge in [0.15, 0.2) is 11.5 Å². The molecule has 0 saturated carbocycles. The van der Waals surface area contributed by atoms with Crippen LogP contribution < -0.4 is 10.6 Å². The molecule has 0 unspecified atom stereocenters. The molecule has 1 aliphatic rings. The molecule has 25 heavy (non-hydrogen) atoms. The quantitative estimate of drug-likeness (QED) is 0.826. The van der Waals surface area contributed by atoms with Crippen LogP contribution in [0.2, 0.25) is 0 Å². The highest BCUT2D eigenvalue weighted by molar-refractivity contribution is 5.95. The SMILES string of the molecule is CN1CCC[C@H]1CNC(=O)CNC(=O)c1cc(-c2ccccc2)on1. The van der Waals surface area contributed by atoms with E-state index in [9.17, 15) is 9.59 Å². The standard InChI is InChI=1S/C18H22N4O3/c1-22-9-5-8-14(22)11-19-17(23)12-20-18(24)15-10-16(25-21-15)13-6-3-2-4-7-13/h2-4,6-7,10,14H,5,8-9,11-12H2,1H3,(H,19,23)(H,20,24)/t14-/m0/s1. The molecule has 0 aliphatic carbocycles. The van der Waals surface area contributed by atoms with E-state index < -0.39 is 5.91 Å². The molecule has 2 heterocycles. The van der Waals surface area contributed by atoms with Gasteiger partial charge in [-0.15, -0.1) is 0 Å². The molecular formula is C18H22N4O3. The third-order valence-electron chi connectivity index (χ3n) is 4.42. The number of likely N-dealkylation sites (N-methyl/N-ethyl adjacent to an activating group) is 1. The van der Waals surface area contributed by atoms with E-state index in [2.05, 4.69) is 27.7 Å². The highest BCUT2D eigenvalue weighted by Crippen LogP contribution is 2.19. The second-order valence-corrected chi connectivity index (χ2v) is 6.21. The van der Waals surface area contributed by atoms with Crippen molar-refractivity contribution in [3.8, 4) is 11.3 Å². The smallest absolute Gasteiger partial charge is 0.273 e. The molecule has 2 amide bonds. The molecule has 1 atom stereocenters. The van der Waals surface area contributed by atoms with Crippen molar-refractivity contribution in [2.75, 3.05) is 26.7 Å². The van der Waals surface area contributed by atoms with Crippen LogP contribution in [0.1, 0.15) is 23.3 Å². The number of likely N-dealkylation sites (tertiary alicyclic amines) is 1. The molecule has 132 valence electrons. The van der Waals surface area contributed by atoms with Gasteiger partial charge < -0.3 is 20.1 Å². The predicted octanol–water partition coefficient (Wildman–Crippen LogP) is 1.28. The van der Waals surface area contributed by atoms with Gasteiger partial charge in [0.2, 0.25) is 5.91 Å². The normalized spacial score (nSPS) is 17.4. The summed E-state index contributed by atoms with van der Waals surface area (Å²) in [5.74, 6) is -0.126. The fourth-order valence-electron chi connectivity index (χ4n) is 2.90. The van der Waals surface area contributed by atoms with Crippen molar-refractivity contribution in [1.82, 2.24) is 20.7 Å². The summed E-state index contributed by atoms with van der Waals surface area (Å²) in [5.41, 5.74) is 0.995. The Bertz CT molecular complexity index is 729. The Morgan fingerprint density at radius 2 is 2.08 bits per heavy atom. The van der Waals surface area contributed by atoms with Crippen molar-refractivity contribution in [2.24, 2.45) is 0 Å². The lowest BCUT2D eigenvalue weighted by Crippen LogP contribution is -2.42. The first-order chi connectivity index (χ1) is 12.1. The van der Waals surface area contributed by atoms with Crippen LogP contribution in [0.15, 0.2) is 40.9 Å². The van der Waals surface area contributed by atoms with Gasteiger partial charge >= 0.3 is 0 Å². The molecule has 3 rings (SSSR count). The largest absolute Gasteiger partial charge is 0.355 e. The number of carbonyl (C=O) groups is 2. The van der Waals surface area contributed by atoms with Crippen LogP contribution in [0.5, 0.6) is 0 Å². The molecular weight excluding hydrogens is 320 g/mol. The van der Waals surface area contributed by atoms with Crippen molar-refractivity contribution in [2.45, 2.75) is 18.9 Å². The topological polar surface area (TPSA) is 87.5 Å². The van der Waals surface area contributed by atoms with Gasteiger partial charge in [-0.05, 0) is 26.4 Å². The molecule has 1 saturated heterocycles. The minimum Gasteiger partial charge on any atom is -0.355 e. The number of rotatable bonds is 6. The summed E-state index contributed by atoms with van der Waals surface area (Å²) in [6.45, 7) is 1.59. The van der Waals surface area contributed by atoms with Crippen molar-refractivity contribution >= 4 is 11.8 Å². The minimum absolute atomic E-state index is 0.0806. The monoisotopic (exact) mass is 342 g/mol. The third kappa shape index (κ3) is 4.45. The van der Waals surface area contributed by atoms with Crippen LogP contribution in [-0.4, -0.2) is 54.6 Å². The maximum Gasteiger partial charge on any atom is 0.273 e. The van der Waals surface area contributed by atoms with Crippen LogP contribution in [0.3, 0.4) is 0 Å². The van der Waals surface area contributed by atoms with Crippen LogP contribution in [0.25, 0.3) is 11.3 Å². The lowest BCUT2D eigenvalue weighted by Gasteiger charge is -2.19. The maximum atomic E-state index is 12.1. The van der Waals surface area contributed by atoms with Gasteiger partial charge in [-0.1, -0.05) is 35.5 Å². The number of aromatic nitrogens is 1. The Hall–Kier alpha value is -2.67. The summed E-state index contributed by atoms with van der Waals surface area (Å²) in [6.07, 6.45) is 2.24. The Balaban J connectivity index is 1.46. The zero-order chi connectivity index (χ0) is 17.6. The first-order valence-electron chi connectivity index (χ1n) is 8.41. The molecule has 0 bridgehead atoms. The number of benzene rings is 1. The second-order valence-electron chi connectivity index (χ2n) is 6.21. The summed E-state index contributed by atoms with van der Waals surface area (Å²) in [7, 11) is 2.06. The summed E-state index contributed by atoms with van der Waals surface area (Å²) in [5, 5.41) is 9.18. The summed E-state index contributed by atoms with van der Waals surface area (Å²) >= 11 is 0. The predicted molar refractivity (Wildman–Crippen MR) is 92.9 cm³/mol. The van der Waals surface area contributed by atoms with E-state index in [1.807, 2.05) is 30.3 Å². The molecule has 1 aliphatic heterocycles. The van der Waals surface area contributed by atoms with E-state index in [0.717, 1.165) is 24.9 Å². The molecule has 1 aromatic carbocycles. The van der Waals surface area contributed by atoms with Crippen LogP contribution >= 0.6 is 0 Å². The van der Waals surface area contributed by atoms with E-state index in [1.165, 1.54) is 0 Å². The molecule has 7 nitrogen and oxygen atoms in total. The van der Waals surface area contributed by atoms with Gasteiger partial charge in [-0.3, -0.25) is 9.59 Å². The summed E-state index contributed by atoms with van der Waals surface area (Å²) in [6, 6.07) is 11.3. The zero-order valence-corrected chi connectivity index (χ0v) is 14.2. The Morgan fingerprint density at radius 3 is 2.80 bits per heavy atom. The molecule has 0 spiro atoms. The Morgan fingerprint density at radius 1 is 1.28 bits per heavy atom. The van der Waals surface area contributed by atoms with E-state index in [0.29, 0.717) is 18.3 Å². The van der Waals surface area contributed by atoms with Crippen LogP contribution in [-0.2, 0) is 4.79 Å². The number of hydrogen-bond acceptors (Lipinski definition) is 5. The Kier molecular flexibility index (Phi) is 5.45. The average Bonchev–Trinajstić information content (AvgIpc) is 3.28. The van der Waals surface area contributed by atoms with Crippen molar-refractivity contribution in [3.63, 3.8) is 0 Å². The van der Waals surface area contributed by atoms with Gasteiger partial charge in [-0.25, -0.2) is 0 Å². The maximum absolute atomic E-state index is 12.1. The van der Waals surface area contributed by atoms with E-state index in [-0.39, 0.29) is 18.1 Å². The van der Waals surface area contributed by atoms with Gasteiger partial charge in [0.25, 0.3) is 5.91 Å². The average molecular weight is 342 g/mol. The fourth-order valence-corrected chi connectivity index (χ4v) is 2.90. The number of nitrogens with zero attached hydrogens (tertiary/aromatic N) is 2. The summed E-state index contributed by atoms with van der Waals surface area (Å²) < 4.78 is 5.19. The van der Waals surface area contributed by atoms with Crippen LogP contribution in [0.4, 0.5) is 0 Å². The van der Waals surface area contributed by atoms with E-state index in [4.69, 9.17) is 4.52 Å². The van der Waals surface area contributed by atoms with Crippen molar-refractivity contribution in [3.05, 3.63) is 42.1 Å². The lowest BCUT2D eigenvalue weighted by molar-refractivity contribution is -0.120. The minimum atomic E-state index is -0.431. The van der Waals surface area contributed by atoms with Gasteiger partial charge in [0, 0.05) is 24.2 Å². The zero-order valence-electron chi connectivity index (χ0n) is 14.2. The van der Waals surface area contributed by atoms with Crippen molar-refractivity contribution in [1.29, 1.82) is 0 Å². The van der Waals surface area contributed by atoms with Gasteiger partial charge in [-0.2, -0.15) is 0 Å². The first kappa shape index (κ1) is 17.2. The fraction of sp³-hybridized carbons (Fsp3) is 0.389. The molecule has 1 fully saturated rings. The third-order valence-corrected chi connectivity index (χ3v) is 4.42. The van der Waals surface area contributed by atoms with Gasteiger partial charge in [0.05, 0.1) is 6.54 Å². The Labute approximate surface area is 146 Å². The van der Waals surface area contributed by atoms with Gasteiger partial charge in [0.1, 0.15) is 0 Å². The first-order valence-corrected chi connectivity index (χ1v) is 8.41. The highest BCUT2D eigenvalue weighted by Gasteiger charge is 2.21. The van der Waals surface area contributed by atoms with Crippen LogP contribution in [0, 0.1) is 0 Å². The molecule has 7 heteroatoms. The van der Waals surface area contributed by atoms with E-state index >= 15 is 0 Å². The molecule has 0 radical (unpaired) electrons. The van der Waals surface area contributed by atoms with E-state index in [1.54, 1.807) is 6.07 Å². The lowest BCUT2D eigenvalue weighted by atomic mass is 10.1. The number of hydrogen-bond donors (Lipinski definition) is 2. The number of nitrogens with one attached hydrogen (secondary N) is 2. The van der Waals surface area contributed by atoms with Crippen molar-refractivity contribution < 1.29 is 14.1 Å².